The third-order valence-electron chi connectivity index (χ3n) is 4.28. The van der Waals surface area contributed by atoms with E-state index in [9.17, 15) is 14.4 Å². The summed E-state index contributed by atoms with van der Waals surface area (Å²) in [7, 11) is 2.99. The largest absolute Gasteiger partial charge is 0.343 e. The summed E-state index contributed by atoms with van der Waals surface area (Å²) >= 11 is 6.15. The molecule has 1 aliphatic rings. The molecule has 0 spiro atoms. The number of carbonyl (C=O) groups is 1. The zero-order chi connectivity index (χ0) is 16.7. The zero-order valence-electron chi connectivity index (χ0n) is 13.1. The molecule has 0 unspecified atom stereocenters. The van der Waals surface area contributed by atoms with Gasteiger partial charge in [0.2, 0.25) is 11.2 Å². The summed E-state index contributed by atoms with van der Waals surface area (Å²) in [6.07, 6.45) is 2.18. The van der Waals surface area contributed by atoms with Gasteiger partial charge in [-0.1, -0.05) is 0 Å². The van der Waals surface area contributed by atoms with Gasteiger partial charge in [-0.15, -0.1) is 0 Å². The summed E-state index contributed by atoms with van der Waals surface area (Å²) in [6, 6.07) is 0. The van der Waals surface area contributed by atoms with E-state index >= 15 is 0 Å². The number of halogens is 1. The molecular formula is C14H18ClN5O3. The van der Waals surface area contributed by atoms with Crippen LogP contribution < -0.4 is 11.2 Å². The Morgan fingerprint density at radius 1 is 1.13 bits per heavy atom. The number of imidazole rings is 1. The van der Waals surface area contributed by atoms with E-state index in [0.29, 0.717) is 31.4 Å². The quantitative estimate of drug-likeness (QED) is 0.740. The summed E-state index contributed by atoms with van der Waals surface area (Å²) in [5.74, 6) is 0.171. The topological polar surface area (TPSA) is 82.1 Å². The minimum absolute atomic E-state index is 0.171. The van der Waals surface area contributed by atoms with Crippen LogP contribution in [-0.2, 0) is 25.4 Å². The fourth-order valence-electron chi connectivity index (χ4n) is 2.98. The number of carbonyl (C=O) groups excluding carboxylic acids is 1. The molecule has 0 N–H and O–H groups in total. The highest BCUT2D eigenvalue weighted by molar-refractivity contribution is 6.29. The Morgan fingerprint density at radius 3 is 2.52 bits per heavy atom. The normalized spacial score (nSPS) is 15.1. The second-order valence-electron chi connectivity index (χ2n) is 5.75. The third-order valence-corrected chi connectivity index (χ3v) is 4.57. The van der Waals surface area contributed by atoms with Gasteiger partial charge in [0.25, 0.3) is 5.56 Å². The predicted molar refractivity (Wildman–Crippen MR) is 85.7 cm³/mol. The van der Waals surface area contributed by atoms with E-state index in [2.05, 4.69) is 4.98 Å². The molecule has 8 nitrogen and oxygen atoms in total. The number of aryl methyl sites for hydroxylation is 2. The molecule has 23 heavy (non-hydrogen) atoms. The molecule has 0 aliphatic carbocycles. The number of hydrogen-bond donors (Lipinski definition) is 0. The van der Waals surface area contributed by atoms with Crippen molar-refractivity contribution in [2.24, 2.45) is 14.1 Å². The van der Waals surface area contributed by atoms with E-state index in [1.54, 1.807) is 11.6 Å². The van der Waals surface area contributed by atoms with E-state index in [-0.39, 0.29) is 16.8 Å². The maximum absolute atomic E-state index is 12.4. The third kappa shape index (κ3) is 2.56. The number of aromatic nitrogens is 4. The van der Waals surface area contributed by atoms with E-state index in [1.807, 2.05) is 4.90 Å². The Kier molecular flexibility index (Phi) is 4.01. The van der Waals surface area contributed by atoms with Crippen LogP contribution in [0.4, 0.5) is 0 Å². The molecule has 1 amide bonds. The molecule has 124 valence electrons. The van der Waals surface area contributed by atoms with E-state index in [1.165, 1.54) is 11.6 Å². The Labute approximate surface area is 136 Å². The highest BCUT2D eigenvalue weighted by Crippen LogP contribution is 2.17. The van der Waals surface area contributed by atoms with Crippen molar-refractivity contribution in [3.05, 3.63) is 26.1 Å². The van der Waals surface area contributed by atoms with Gasteiger partial charge in [0, 0.05) is 40.2 Å². The molecular weight excluding hydrogens is 322 g/mol. The van der Waals surface area contributed by atoms with E-state index in [0.717, 1.165) is 17.5 Å². The number of amides is 1. The molecule has 0 aromatic carbocycles. The average Bonchev–Trinajstić information content (AvgIpc) is 3.07. The number of nitrogens with zero attached hydrogens (tertiary/aromatic N) is 5. The average molecular weight is 340 g/mol. The fraction of sp³-hybridized carbons (Fsp3) is 0.571. The molecule has 0 saturated carbocycles. The molecule has 0 bridgehead atoms. The zero-order valence-corrected chi connectivity index (χ0v) is 13.8. The van der Waals surface area contributed by atoms with Crippen LogP contribution in [-0.4, -0.2) is 42.6 Å². The van der Waals surface area contributed by atoms with Crippen LogP contribution in [0, 0.1) is 0 Å². The first kappa shape index (κ1) is 15.8. The van der Waals surface area contributed by atoms with E-state index < -0.39 is 11.2 Å². The number of hydrogen-bond acceptors (Lipinski definition) is 4. The second kappa shape index (κ2) is 5.84. The van der Waals surface area contributed by atoms with Gasteiger partial charge >= 0.3 is 5.69 Å². The van der Waals surface area contributed by atoms with Crippen LogP contribution in [0.5, 0.6) is 0 Å². The SMILES string of the molecule is Cn1c(=O)c2c(nc(Cl)n2CCCN2CCCC2=O)n(C)c1=O. The van der Waals surface area contributed by atoms with Crippen LogP contribution in [0.1, 0.15) is 19.3 Å². The summed E-state index contributed by atoms with van der Waals surface area (Å²) in [4.78, 5) is 41.9. The van der Waals surface area contributed by atoms with Crippen molar-refractivity contribution in [3.63, 3.8) is 0 Å². The highest BCUT2D eigenvalue weighted by atomic mass is 35.5. The Bertz CT molecular complexity index is 894. The Morgan fingerprint density at radius 2 is 1.87 bits per heavy atom. The Balaban J connectivity index is 1.92. The summed E-state index contributed by atoms with van der Waals surface area (Å²) in [5, 5.41) is 0.172. The van der Waals surface area contributed by atoms with Gasteiger partial charge in [0.05, 0.1) is 0 Å². The maximum atomic E-state index is 12.4. The first-order chi connectivity index (χ1) is 10.9. The lowest BCUT2D eigenvalue weighted by molar-refractivity contribution is -0.127. The number of fused-ring (bicyclic) bond motifs is 1. The molecule has 0 radical (unpaired) electrons. The standard InChI is InChI=1S/C14H18ClN5O3/c1-17-11-10(12(22)18(2)14(17)23)20(13(15)16-11)8-4-7-19-6-3-5-9(19)21/h3-8H2,1-2H3. The smallest absolute Gasteiger partial charge is 0.332 e. The first-order valence-electron chi connectivity index (χ1n) is 7.51. The molecule has 3 heterocycles. The van der Waals surface area contributed by atoms with Gasteiger partial charge in [-0.25, -0.2) is 4.79 Å². The van der Waals surface area contributed by atoms with Gasteiger partial charge in [0.15, 0.2) is 11.2 Å². The number of likely N-dealkylation sites (tertiary alicyclic amines) is 1. The van der Waals surface area contributed by atoms with Gasteiger partial charge in [-0.2, -0.15) is 4.98 Å². The molecule has 2 aromatic heterocycles. The molecule has 9 heteroatoms. The maximum Gasteiger partial charge on any atom is 0.332 e. The van der Waals surface area contributed by atoms with Crippen LogP contribution >= 0.6 is 11.6 Å². The molecule has 1 fully saturated rings. The summed E-state index contributed by atoms with van der Waals surface area (Å²) in [6.45, 7) is 1.88. The van der Waals surface area contributed by atoms with Crippen LogP contribution in [0.3, 0.4) is 0 Å². The minimum Gasteiger partial charge on any atom is -0.343 e. The monoisotopic (exact) mass is 339 g/mol. The van der Waals surface area contributed by atoms with Crippen LogP contribution in [0.2, 0.25) is 5.28 Å². The summed E-state index contributed by atoms with van der Waals surface area (Å²) in [5.41, 5.74) is -0.265. The minimum atomic E-state index is -0.438. The molecule has 2 aromatic rings. The lowest BCUT2D eigenvalue weighted by Crippen LogP contribution is -2.37. The first-order valence-corrected chi connectivity index (χ1v) is 7.89. The van der Waals surface area contributed by atoms with Crippen LogP contribution in [0.15, 0.2) is 9.59 Å². The van der Waals surface area contributed by atoms with Crippen molar-refractivity contribution >= 4 is 28.7 Å². The van der Waals surface area contributed by atoms with Crippen molar-refractivity contribution in [3.8, 4) is 0 Å². The molecule has 1 saturated heterocycles. The predicted octanol–water partition coefficient (Wildman–Crippen LogP) is 0.0996. The molecule has 0 atom stereocenters. The van der Waals surface area contributed by atoms with Gasteiger partial charge in [-0.3, -0.25) is 18.7 Å². The van der Waals surface area contributed by atoms with Gasteiger partial charge in [0.1, 0.15) is 0 Å². The van der Waals surface area contributed by atoms with E-state index in [4.69, 9.17) is 11.6 Å². The number of rotatable bonds is 4. The van der Waals surface area contributed by atoms with Crippen molar-refractivity contribution in [2.75, 3.05) is 13.1 Å². The van der Waals surface area contributed by atoms with Crippen molar-refractivity contribution in [2.45, 2.75) is 25.8 Å². The second-order valence-corrected chi connectivity index (χ2v) is 6.09. The van der Waals surface area contributed by atoms with Crippen molar-refractivity contribution in [1.29, 1.82) is 0 Å². The summed E-state index contributed by atoms with van der Waals surface area (Å²) < 4.78 is 3.96. The fourth-order valence-corrected chi connectivity index (χ4v) is 3.23. The van der Waals surface area contributed by atoms with Crippen molar-refractivity contribution in [1.82, 2.24) is 23.6 Å². The molecule has 3 rings (SSSR count). The lowest BCUT2D eigenvalue weighted by Gasteiger charge is -2.15. The molecule has 1 aliphatic heterocycles. The highest BCUT2D eigenvalue weighted by Gasteiger charge is 2.21. The Hall–Kier alpha value is -2.09. The van der Waals surface area contributed by atoms with Gasteiger partial charge in [-0.05, 0) is 24.4 Å². The lowest BCUT2D eigenvalue weighted by atomic mass is 10.3. The van der Waals surface area contributed by atoms with Crippen molar-refractivity contribution < 1.29 is 4.79 Å². The van der Waals surface area contributed by atoms with Gasteiger partial charge < -0.3 is 9.47 Å². The van der Waals surface area contributed by atoms with Crippen LogP contribution in [0.25, 0.3) is 11.2 Å².